The average molecular weight is 319 g/mol. The number of rotatable bonds is 7. The van der Waals surface area contributed by atoms with Crippen molar-refractivity contribution in [3.63, 3.8) is 0 Å². The first-order valence-electron chi connectivity index (χ1n) is 8.46. The predicted octanol–water partition coefficient (Wildman–Crippen LogP) is 4.23. The zero-order valence-corrected chi connectivity index (χ0v) is 15.2. The maximum Gasteiger partial charge on any atom is 0.256 e. The van der Waals surface area contributed by atoms with Crippen molar-refractivity contribution in [3.8, 4) is 5.75 Å². The third kappa shape index (κ3) is 3.86. The van der Waals surface area contributed by atoms with Gasteiger partial charge in [0.25, 0.3) is 5.91 Å². The van der Waals surface area contributed by atoms with Crippen LogP contribution in [0.15, 0.2) is 12.1 Å². The van der Waals surface area contributed by atoms with E-state index in [4.69, 9.17) is 9.47 Å². The number of benzene rings is 1. The van der Waals surface area contributed by atoms with E-state index in [9.17, 15) is 4.79 Å². The monoisotopic (exact) mass is 319 g/mol. The van der Waals surface area contributed by atoms with Gasteiger partial charge in [-0.3, -0.25) is 4.79 Å². The van der Waals surface area contributed by atoms with Crippen LogP contribution in [0.4, 0.5) is 5.69 Å². The molecule has 0 aromatic heterocycles. The normalized spacial score (nSPS) is 18.2. The van der Waals surface area contributed by atoms with Crippen LogP contribution in [0.25, 0.3) is 0 Å². The summed E-state index contributed by atoms with van der Waals surface area (Å²) in [4.78, 5) is 12.6. The minimum absolute atomic E-state index is 0.0723. The first-order chi connectivity index (χ1) is 10.8. The van der Waals surface area contributed by atoms with Crippen LogP contribution in [0.5, 0.6) is 5.75 Å². The van der Waals surface area contributed by atoms with Crippen LogP contribution in [-0.4, -0.2) is 24.7 Å². The summed E-state index contributed by atoms with van der Waals surface area (Å²) in [7, 11) is 1.61. The largest absolute Gasteiger partial charge is 0.490 e. The van der Waals surface area contributed by atoms with Gasteiger partial charge in [0.05, 0.1) is 6.10 Å². The summed E-state index contributed by atoms with van der Waals surface area (Å²) in [6.07, 6.45) is 3.25. The molecule has 23 heavy (non-hydrogen) atoms. The third-order valence-electron chi connectivity index (χ3n) is 4.84. The summed E-state index contributed by atoms with van der Waals surface area (Å²) in [5.74, 6) is 1.16. The number of carbonyl (C=O) groups is 1. The van der Waals surface area contributed by atoms with Crippen LogP contribution in [0.1, 0.15) is 51.2 Å². The van der Waals surface area contributed by atoms with Crippen LogP contribution in [0.2, 0.25) is 0 Å². The molecule has 1 aromatic carbocycles. The van der Waals surface area contributed by atoms with Gasteiger partial charge in [-0.05, 0) is 76.1 Å². The van der Waals surface area contributed by atoms with Crippen molar-refractivity contribution in [3.05, 3.63) is 23.3 Å². The van der Waals surface area contributed by atoms with E-state index < -0.39 is 5.60 Å². The fraction of sp³-hybridized carbons (Fsp3) is 0.632. The van der Waals surface area contributed by atoms with E-state index in [1.165, 1.54) is 0 Å². The van der Waals surface area contributed by atoms with Crippen LogP contribution in [-0.2, 0) is 9.53 Å². The van der Waals surface area contributed by atoms with Gasteiger partial charge in [-0.15, -0.1) is 0 Å². The average Bonchev–Trinajstić information content (AvgIpc) is 3.34. The molecule has 0 bridgehead atoms. The van der Waals surface area contributed by atoms with Gasteiger partial charge < -0.3 is 14.8 Å². The molecule has 0 heterocycles. The van der Waals surface area contributed by atoms with E-state index >= 15 is 0 Å². The minimum atomic E-state index is -0.742. The lowest BCUT2D eigenvalue weighted by Gasteiger charge is -2.27. The molecule has 1 saturated carbocycles. The van der Waals surface area contributed by atoms with Crippen molar-refractivity contribution in [1.82, 2.24) is 0 Å². The highest BCUT2D eigenvalue weighted by Gasteiger charge is 2.47. The van der Waals surface area contributed by atoms with Crippen LogP contribution < -0.4 is 10.1 Å². The Labute approximate surface area is 139 Å². The van der Waals surface area contributed by atoms with Gasteiger partial charge in [0.1, 0.15) is 11.4 Å². The number of anilines is 1. The van der Waals surface area contributed by atoms with Crippen molar-refractivity contribution in [2.45, 2.75) is 65.6 Å². The molecule has 2 atom stereocenters. The SMILES string of the molecule is CC[C@@H](C)Oc1c(C)cc(NC(=O)[C@](C)(OC)C2CC2)cc1C. The van der Waals surface area contributed by atoms with Gasteiger partial charge >= 0.3 is 0 Å². The second-order valence-electron chi connectivity index (χ2n) is 6.82. The molecule has 0 radical (unpaired) electrons. The Morgan fingerprint density at radius 3 is 2.35 bits per heavy atom. The summed E-state index contributed by atoms with van der Waals surface area (Å²) < 4.78 is 11.5. The highest BCUT2D eigenvalue weighted by molar-refractivity contribution is 5.97. The number of amides is 1. The molecule has 1 amide bonds. The van der Waals surface area contributed by atoms with E-state index in [0.717, 1.165) is 41.8 Å². The summed E-state index contributed by atoms with van der Waals surface area (Å²) in [5, 5.41) is 3.01. The minimum Gasteiger partial charge on any atom is -0.490 e. The zero-order chi connectivity index (χ0) is 17.2. The maximum atomic E-state index is 12.6. The molecular weight excluding hydrogens is 290 g/mol. The lowest BCUT2D eigenvalue weighted by atomic mass is 9.98. The Kier molecular flexibility index (Phi) is 5.35. The van der Waals surface area contributed by atoms with E-state index in [2.05, 4.69) is 19.2 Å². The topological polar surface area (TPSA) is 47.6 Å². The van der Waals surface area contributed by atoms with Gasteiger partial charge in [0, 0.05) is 12.8 Å². The van der Waals surface area contributed by atoms with Gasteiger partial charge in [0.2, 0.25) is 0 Å². The highest BCUT2D eigenvalue weighted by atomic mass is 16.5. The van der Waals surface area contributed by atoms with Crippen molar-refractivity contribution in [2.75, 3.05) is 12.4 Å². The van der Waals surface area contributed by atoms with E-state index in [1.54, 1.807) is 7.11 Å². The number of hydrogen-bond donors (Lipinski definition) is 1. The summed E-state index contributed by atoms with van der Waals surface area (Å²) in [5.41, 5.74) is 2.12. The van der Waals surface area contributed by atoms with E-state index in [1.807, 2.05) is 32.9 Å². The molecular formula is C19H29NO3. The number of aryl methyl sites for hydroxylation is 2. The smallest absolute Gasteiger partial charge is 0.256 e. The van der Waals surface area contributed by atoms with Crippen molar-refractivity contribution >= 4 is 11.6 Å². The van der Waals surface area contributed by atoms with Gasteiger partial charge in [-0.1, -0.05) is 6.92 Å². The van der Waals surface area contributed by atoms with Gasteiger partial charge in [-0.25, -0.2) is 0 Å². The lowest BCUT2D eigenvalue weighted by molar-refractivity contribution is -0.138. The van der Waals surface area contributed by atoms with E-state index in [-0.39, 0.29) is 12.0 Å². The lowest BCUT2D eigenvalue weighted by Crippen LogP contribution is -2.44. The number of methoxy groups -OCH3 is 1. The Morgan fingerprint density at radius 2 is 1.91 bits per heavy atom. The third-order valence-corrected chi connectivity index (χ3v) is 4.84. The first kappa shape index (κ1) is 17.8. The second-order valence-corrected chi connectivity index (χ2v) is 6.82. The van der Waals surface area contributed by atoms with Crippen molar-refractivity contribution < 1.29 is 14.3 Å². The summed E-state index contributed by atoms with van der Waals surface area (Å²) in [6, 6.07) is 3.93. The van der Waals surface area contributed by atoms with Crippen molar-refractivity contribution in [1.29, 1.82) is 0 Å². The van der Waals surface area contributed by atoms with Crippen LogP contribution >= 0.6 is 0 Å². The molecule has 0 aliphatic heterocycles. The molecule has 1 N–H and O–H groups in total. The fourth-order valence-electron chi connectivity index (χ4n) is 2.83. The molecule has 4 heteroatoms. The highest BCUT2D eigenvalue weighted by Crippen LogP contribution is 2.42. The van der Waals surface area contributed by atoms with Crippen LogP contribution in [0, 0.1) is 19.8 Å². The summed E-state index contributed by atoms with van der Waals surface area (Å²) >= 11 is 0. The molecule has 4 nitrogen and oxygen atoms in total. The quantitative estimate of drug-likeness (QED) is 0.818. The zero-order valence-electron chi connectivity index (χ0n) is 15.2. The second kappa shape index (κ2) is 6.91. The standard InChI is InChI=1S/C19H29NO3/c1-7-14(4)23-17-12(2)10-16(11-13(17)3)20-18(21)19(5,22-6)15-8-9-15/h10-11,14-15H,7-9H2,1-6H3,(H,20,21)/t14-,19-/m1/s1. The van der Waals surface area contributed by atoms with Gasteiger partial charge in [0.15, 0.2) is 0 Å². The molecule has 1 aliphatic carbocycles. The Hall–Kier alpha value is -1.55. The molecule has 2 rings (SSSR count). The molecule has 1 aliphatic rings. The molecule has 1 fully saturated rings. The van der Waals surface area contributed by atoms with Gasteiger partial charge in [-0.2, -0.15) is 0 Å². The molecule has 1 aromatic rings. The summed E-state index contributed by atoms with van der Waals surface area (Å²) in [6.45, 7) is 10.1. The number of ether oxygens (including phenoxy) is 2. The molecule has 128 valence electrons. The number of carbonyl (C=O) groups excluding carboxylic acids is 1. The number of hydrogen-bond acceptors (Lipinski definition) is 3. The van der Waals surface area contributed by atoms with Crippen molar-refractivity contribution in [2.24, 2.45) is 5.92 Å². The van der Waals surface area contributed by atoms with E-state index in [0.29, 0.717) is 5.92 Å². The molecule has 0 saturated heterocycles. The van der Waals surface area contributed by atoms with Crippen LogP contribution in [0.3, 0.4) is 0 Å². The first-order valence-corrected chi connectivity index (χ1v) is 8.46. The Morgan fingerprint density at radius 1 is 1.35 bits per heavy atom. The fourth-order valence-corrected chi connectivity index (χ4v) is 2.83. The Balaban J connectivity index is 2.16. The predicted molar refractivity (Wildman–Crippen MR) is 93.1 cm³/mol. The Bertz CT molecular complexity index is 557. The number of nitrogens with one attached hydrogen (secondary N) is 1. The molecule has 0 spiro atoms. The maximum absolute atomic E-state index is 12.6. The molecule has 0 unspecified atom stereocenters.